The number of hydrogen-bond acceptors (Lipinski definition) is 4. The van der Waals surface area contributed by atoms with Gasteiger partial charge in [0.05, 0.1) is 4.90 Å². The summed E-state index contributed by atoms with van der Waals surface area (Å²) >= 11 is 1.69. The smallest absolute Gasteiger partial charge is 0.240 e. The van der Waals surface area contributed by atoms with Crippen LogP contribution in [-0.4, -0.2) is 33.2 Å². The highest BCUT2D eigenvalue weighted by Crippen LogP contribution is 2.27. The van der Waals surface area contributed by atoms with Crippen LogP contribution in [0, 0.1) is 6.92 Å². The number of thioether (sulfide) groups is 1. The van der Waals surface area contributed by atoms with Gasteiger partial charge in [0, 0.05) is 36.7 Å². The fourth-order valence-corrected chi connectivity index (χ4v) is 5.16. The molecule has 7 heteroatoms. The van der Waals surface area contributed by atoms with Crippen molar-refractivity contribution < 1.29 is 13.2 Å². The maximum absolute atomic E-state index is 12.5. The lowest BCUT2D eigenvalue weighted by Gasteiger charge is -2.19. The minimum absolute atomic E-state index is 0.0993. The second-order valence-corrected chi connectivity index (χ2v) is 9.41. The number of carbonyl (C=O) groups excluding carboxylic acids is 1. The van der Waals surface area contributed by atoms with E-state index in [0.717, 1.165) is 23.4 Å². The van der Waals surface area contributed by atoms with Gasteiger partial charge in [-0.2, -0.15) is 11.8 Å². The first-order valence-corrected chi connectivity index (χ1v) is 11.6. The van der Waals surface area contributed by atoms with E-state index >= 15 is 0 Å². The summed E-state index contributed by atoms with van der Waals surface area (Å²) in [4.78, 5) is 13.9. The van der Waals surface area contributed by atoms with E-state index in [9.17, 15) is 13.2 Å². The van der Waals surface area contributed by atoms with E-state index in [1.165, 1.54) is 5.56 Å². The van der Waals surface area contributed by atoms with Gasteiger partial charge in [-0.25, -0.2) is 13.1 Å². The van der Waals surface area contributed by atoms with Crippen molar-refractivity contribution in [3.8, 4) is 0 Å². The molecule has 0 aromatic heterocycles. The van der Waals surface area contributed by atoms with E-state index in [4.69, 9.17) is 0 Å². The fourth-order valence-electron chi connectivity index (χ4n) is 3.10. The topological polar surface area (TPSA) is 66.5 Å². The summed E-state index contributed by atoms with van der Waals surface area (Å²) in [5, 5.41) is 0. The zero-order valence-corrected chi connectivity index (χ0v) is 17.0. The molecule has 1 aliphatic rings. The van der Waals surface area contributed by atoms with Gasteiger partial charge in [-0.3, -0.25) is 4.79 Å². The van der Waals surface area contributed by atoms with E-state index in [1.54, 1.807) is 34.9 Å². The zero-order valence-electron chi connectivity index (χ0n) is 15.3. The minimum atomic E-state index is -3.55. The van der Waals surface area contributed by atoms with Gasteiger partial charge >= 0.3 is 0 Å². The summed E-state index contributed by atoms with van der Waals surface area (Å²) in [6.45, 7) is 2.92. The Morgan fingerprint density at radius 1 is 1.15 bits per heavy atom. The number of carbonyl (C=O) groups is 1. The molecular weight excluding hydrogens is 380 g/mol. The van der Waals surface area contributed by atoms with E-state index in [-0.39, 0.29) is 10.8 Å². The van der Waals surface area contributed by atoms with E-state index < -0.39 is 10.0 Å². The molecule has 0 saturated carbocycles. The van der Waals surface area contributed by atoms with Crippen LogP contribution in [0.1, 0.15) is 24.0 Å². The number of anilines is 1. The maximum Gasteiger partial charge on any atom is 0.240 e. The summed E-state index contributed by atoms with van der Waals surface area (Å²) in [7, 11) is -3.55. The molecule has 1 aliphatic heterocycles. The van der Waals surface area contributed by atoms with E-state index in [2.05, 4.69) is 16.9 Å². The molecule has 0 unspecified atom stereocenters. The molecule has 144 valence electrons. The van der Waals surface area contributed by atoms with Gasteiger partial charge in [0.15, 0.2) is 0 Å². The molecule has 0 aliphatic carbocycles. The molecule has 0 spiro atoms. The molecule has 5 nitrogen and oxygen atoms in total. The van der Waals surface area contributed by atoms with Gasteiger partial charge in [0.2, 0.25) is 15.9 Å². The molecule has 27 heavy (non-hydrogen) atoms. The first-order valence-electron chi connectivity index (χ1n) is 9.00. The van der Waals surface area contributed by atoms with Crippen molar-refractivity contribution in [2.45, 2.75) is 30.4 Å². The number of aryl methyl sites for hydroxylation is 1. The third-order valence-electron chi connectivity index (χ3n) is 4.49. The molecule has 3 rings (SSSR count). The van der Waals surface area contributed by atoms with Crippen LogP contribution in [0.3, 0.4) is 0 Å². The van der Waals surface area contributed by atoms with Gasteiger partial charge in [-0.15, -0.1) is 0 Å². The minimum Gasteiger partial charge on any atom is -0.312 e. The standard InChI is InChI=1S/C20H24N2O3S2/c1-16-14-18(9-10-19(16)22-12-5-8-20(22)23)27(24,25)21-11-13-26-15-17-6-3-2-4-7-17/h2-4,6-7,9-10,14,21H,5,8,11-13,15H2,1H3. The first kappa shape index (κ1) is 19.9. The molecule has 0 bridgehead atoms. The van der Waals surface area contributed by atoms with Gasteiger partial charge in [-0.05, 0) is 42.7 Å². The number of hydrogen-bond donors (Lipinski definition) is 1. The van der Waals surface area contributed by atoms with Crippen LogP contribution < -0.4 is 9.62 Å². The van der Waals surface area contributed by atoms with Gasteiger partial charge in [-0.1, -0.05) is 30.3 Å². The molecule has 2 aromatic rings. The third-order valence-corrected chi connectivity index (χ3v) is 6.98. The Balaban J connectivity index is 1.55. The number of nitrogens with zero attached hydrogens (tertiary/aromatic N) is 1. The third kappa shape index (κ3) is 5.12. The van der Waals surface area contributed by atoms with Crippen LogP contribution >= 0.6 is 11.8 Å². The quantitative estimate of drug-likeness (QED) is 0.686. The average molecular weight is 405 g/mol. The number of nitrogens with one attached hydrogen (secondary N) is 1. The van der Waals surface area contributed by atoms with Gasteiger partial charge < -0.3 is 4.90 Å². The van der Waals surface area contributed by atoms with Crippen LogP contribution in [0.5, 0.6) is 0 Å². The summed E-state index contributed by atoms with van der Waals surface area (Å²) in [5.41, 5.74) is 2.83. The Morgan fingerprint density at radius 2 is 1.93 bits per heavy atom. The predicted molar refractivity (Wildman–Crippen MR) is 111 cm³/mol. The number of amides is 1. The van der Waals surface area contributed by atoms with E-state index in [0.29, 0.717) is 25.3 Å². The average Bonchev–Trinajstić information content (AvgIpc) is 3.08. The van der Waals surface area contributed by atoms with Gasteiger partial charge in [0.25, 0.3) is 0 Å². The summed E-state index contributed by atoms with van der Waals surface area (Å²) in [6.07, 6.45) is 1.40. The van der Waals surface area contributed by atoms with Crippen molar-refractivity contribution in [3.05, 3.63) is 59.7 Å². The second-order valence-electron chi connectivity index (χ2n) is 6.53. The van der Waals surface area contributed by atoms with Crippen molar-refractivity contribution in [1.29, 1.82) is 0 Å². The summed E-state index contributed by atoms with van der Waals surface area (Å²) in [5.74, 6) is 1.66. The maximum atomic E-state index is 12.5. The molecule has 0 radical (unpaired) electrons. The molecule has 1 fully saturated rings. The van der Waals surface area contributed by atoms with Gasteiger partial charge in [0.1, 0.15) is 0 Å². The molecule has 1 amide bonds. The predicted octanol–water partition coefficient (Wildman–Crippen LogP) is 3.33. The SMILES string of the molecule is Cc1cc(S(=O)(=O)NCCSCc2ccccc2)ccc1N1CCCC1=O. The highest BCUT2D eigenvalue weighted by molar-refractivity contribution is 7.98. The Labute approximate surface area is 165 Å². The van der Waals surface area contributed by atoms with Crippen LogP contribution in [0.15, 0.2) is 53.4 Å². The number of rotatable bonds is 8. The fraction of sp³-hybridized carbons (Fsp3) is 0.350. The monoisotopic (exact) mass is 404 g/mol. The molecule has 1 heterocycles. The summed E-state index contributed by atoms with van der Waals surface area (Å²) in [6, 6.07) is 15.1. The van der Waals surface area contributed by atoms with Crippen LogP contribution in [0.2, 0.25) is 0 Å². The van der Waals surface area contributed by atoms with Crippen molar-refractivity contribution >= 4 is 33.4 Å². The van der Waals surface area contributed by atoms with Crippen LogP contribution in [0.4, 0.5) is 5.69 Å². The Bertz CT molecular complexity index is 899. The molecule has 1 saturated heterocycles. The lowest BCUT2D eigenvalue weighted by molar-refractivity contribution is -0.117. The highest BCUT2D eigenvalue weighted by Gasteiger charge is 2.24. The number of sulfonamides is 1. The Hall–Kier alpha value is -1.83. The highest BCUT2D eigenvalue weighted by atomic mass is 32.2. The van der Waals surface area contributed by atoms with Crippen LogP contribution in [0.25, 0.3) is 0 Å². The molecule has 0 atom stereocenters. The lowest BCUT2D eigenvalue weighted by Crippen LogP contribution is -2.27. The molecule has 2 aromatic carbocycles. The first-order chi connectivity index (χ1) is 13.0. The van der Waals surface area contributed by atoms with Crippen molar-refractivity contribution in [2.24, 2.45) is 0 Å². The Morgan fingerprint density at radius 3 is 2.59 bits per heavy atom. The summed E-state index contributed by atoms with van der Waals surface area (Å²) < 4.78 is 27.7. The lowest BCUT2D eigenvalue weighted by atomic mass is 10.2. The largest absolute Gasteiger partial charge is 0.312 e. The van der Waals surface area contributed by atoms with Crippen molar-refractivity contribution in [3.63, 3.8) is 0 Å². The normalized spacial score (nSPS) is 14.7. The van der Waals surface area contributed by atoms with E-state index in [1.807, 2.05) is 25.1 Å². The van der Waals surface area contributed by atoms with Crippen molar-refractivity contribution in [2.75, 3.05) is 23.7 Å². The Kier molecular flexibility index (Phi) is 6.57. The number of benzene rings is 2. The zero-order chi connectivity index (χ0) is 19.3. The molecular formula is C20H24N2O3S2. The van der Waals surface area contributed by atoms with Crippen LogP contribution in [-0.2, 0) is 20.6 Å². The molecule has 1 N–H and O–H groups in total. The second kappa shape index (κ2) is 8.91. The van der Waals surface area contributed by atoms with Crippen molar-refractivity contribution in [1.82, 2.24) is 4.72 Å².